The maximum Gasteiger partial charge on any atom is 0.0656 e. The van der Waals surface area contributed by atoms with Crippen molar-refractivity contribution in [3.05, 3.63) is 0 Å². The lowest BCUT2D eigenvalue weighted by Gasteiger charge is -2.53. The van der Waals surface area contributed by atoms with Crippen LogP contribution in [0, 0.1) is 17.3 Å². The average molecular weight is 267 g/mol. The molecule has 112 valence electrons. The molecular weight excluding hydrogens is 234 g/mol. The number of ether oxygens (including phenoxy) is 1. The van der Waals surface area contributed by atoms with Crippen LogP contribution in [0.4, 0.5) is 0 Å². The van der Waals surface area contributed by atoms with Crippen LogP contribution in [0.25, 0.3) is 0 Å². The van der Waals surface area contributed by atoms with E-state index < -0.39 is 0 Å². The van der Waals surface area contributed by atoms with Crippen LogP contribution in [0.3, 0.4) is 0 Å². The number of hydrogen-bond acceptors (Lipinski definition) is 2. The molecule has 2 atom stereocenters. The lowest BCUT2D eigenvalue weighted by Crippen LogP contribution is -2.63. The Balaban J connectivity index is 1.74. The van der Waals surface area contributed by atoms with E-state index in [0.29, 0.717) is 23.5 Å². The van der Waals surface area contributed by atoms with Gasteiger partial charge in [0.25, 0.3) is 0 Å². The zero-order valence-corrected chi connectivity index (χ0v) is 13.5. The van der Waals surface area contributed by atoms with Gasteiger partial charge in [0, 0.05) is 24.1 Å². The summed E-state index contributed by atoms with van der Waals surface area (Å²) in [5.41, 5.74) is 0.304. The summed E-state index contributed by atoms with van der Waals surface area (Å²) in [4.78, 5) is 0. The molecule has 0 spiro atoms. The fourth-order valence-electron chi connectivity index (χ4n) is 3.47. The first kappa shape index (κ1) is 15.3. The zero-order valence-electron chi connectivity index (χ0n) is 13.5. The summed E-state index contributed by atoms with van der Waals surface area (Å²) in [5.74, 6) is 1.58. The second-order valence-corrected chi connectivity index (χ2v) is 7.95. The summed E-state index contributed by atoms with van der Waals surface area (Å²) in [6, 6.07) is 1.41. The van der Waals surface area contributed by atoms with Crippen molar-refractivity contribution in [2.24, 2.45) is 17.3 Å². The summed E-state index contributed by atoms with van der Waals surface area (Å²) in [6.07, 6.45) is 7.19. The van der Waals surface area contributed by atoms with Crippen molar-refractivity contribution in [2.45, 2.75) is 84.9 Å². The lowest BCUT2D eigenvalue weighted by atomic mass is 9.64. The van der Waals surface area contributed by atoms with Gasteiger partial charge in [-0.2, -0.15) is 0 Å². The van der Waals surface area contributed by atoms with E-state index in [1.807, 2.05) is 0 Å². The predicted octanol–water partition coefficient (Wildman–Crippen LogP) is 3.99. The number of rotatable bonds is 5. The van der Waals surface area contributed by atoms with Gasteiger partial charge < -0.3 is 10.1 Å². The first-order chi connectivity index (χ1) is 8.89. The molecule has 2 heteroatoms. The third-order valence-corrected chi connectivity index (χ3v) is 5.26. The van der Waals surface area contributed by atoms with Crippen molar-refractivity contribution >= 4 is 0 Å². The lowest BCUT2D eigenvalue weighted by molar-refractivity contribution is -0.126. The summed E-state index contributed by atoms with van der Waals surface area (Å²) < 4.78 is 6.05. The van der Waals surface area contributed by atoms with Crippen LogP contribution in [-0.2, 0) is 4.74 Å². The Kier molecular flexibility index (Phi) is 4.94. The minimum absolute atomic E-state index is 0.304. The molecule has 0 aromatic rings. The van der Waals surface area contributed by atoms with E-state index in [2.05, 4.69) is 39.9 Å². The van der Waals surface area contributed by atoms with Gasteiger partial charge in [-0.05, 0) is 43.9 Å². The van der Waals surface area contributed by atoms with E-state index in [-0.39, 0.29) is 0 Å². The van der Waals surface area contributed by atoms with Crippen molar-refractivity contribution in [3.63, 3.8) is 0 Å². The van der Waals surface area contributed by atoms with E-state index in [9.17, 15) is 0 Å². The molecule has 2 unspecified atom stereocenters. The molecule has 2 aliphatic carbocycles. The van der Waals surface area contributed by atoms with Gasteiger partial charge in [0.2, 0.25) is 0 Å². The van der Waals surface area contributed by atoms with Crippen molar-refractivity contribution < 1.29 is 4.74 Å². The highest BCUT2D eigenvalue weighted by molar-refractivity contribution is 5.04. The Bertz CT molecular complexity index is 279. The Morgan fingerprint density at radius 3 is 2.32 bits per heavy atom. The smallest absolute Gasteiger partial charge is 0.0656 e. The van der Waals surface area contributed by atoms with Crippen LogP contribution in [-0.4, -0.2) is 24.8 Å². The second kappa shape index (κ2) is 6.13. The van der Waals surface area contributed by atoms with Gasteiger partial charge in [-0.1, -0.05) is 34.6 Å². The molecule has 0 aliphatic heterocycles. The summed E-state index contributed by atoms with van der Waals surface area (Å²) in [5, 5.41) is 3.90. The molecule has 2 saturated carbocycles. The number of hydrogen-bond donors (Lipinski definition) is 1. The molecule has 2 fully saturated rings. The third kappa shape index (κ3) is 3.72. The quantitative estimate of drug-likeness (QED) is 0.813. The summed E-state index contributed by atoms with van der Waals surface area (Å²) in [6.45, 7) is 12.5. The summed E-state index contributed by atoms with van der Waals surface area (Å²) in [7, 11) is 0. The van der Waals surface area contributed by atoms with Crippen molar-refractivity contribution in [1.82, 2.24) is 5.32 Å². The van der Waals surface area contributed by atoms with E-state index in [1.54, 1.807) is 0 Å². The Hall–Kier alpha value is -0.0800. The molecule has 0 heterocycles. The SMILES string of the molecule is CC(C)COC1CC(NC2CCC(C)CC2)C1(C)C. The summed E-state index contributed by atoms with van der Waals surface area (Å²) >= 11 is 0. The Morgan fingerprint density at radius 2 is 1.79 bits per heavy atom. The molecule has 0 aromatic carbocycles. The molecule has 0 aromatic heterocycles. The van der Waals surface area contributed by atoms with Crippen LogP contribution >= 0.6 is 0 Å². The van der Waals surface area contributed by atoms with Crippen LogP contribution < -0.4 is 5.32 Å². The molecule has 2 rings (SSSR count). The van der Waals surface area contributed by atoms with Crippen molar-refractivity contribution in [2.75, 3.05) is 6.61 Å². The van der Waals surface area contributed by atoms with Gasteiger partial charge in [-0.15, -0.1) is 0 Å². The van der Waals surface area contributed by atoms with Gasteiger partial charge in [-0.25, -0.2) is 0 Å². The highest BCUT2D eigenvalue weighted by atomic mass is 16.5. The first-order valence-electron chi connectivity index (χ1n) is 8.27. The minimum Gasteiger partial charge on any atom is -0.377 e. The molecule has 19 heavy (non-hydrogen) atoms. The molecule has 0 radical (unpaired) electrons. The van der Waals surface area contributed by atoms with Crippen molar-refractivity contribution in [1.29, 1.82) is 0 Å². The average Bonchev–Trinajstić information content (AvgIpc) is 2.34. The predicted molar refractivity (Wildman–Crippen MR) is 81.3 cm³/mol. The van der Waals surface area contributed by atoms with Gasteiger partial charge in [0.15, 0.2) is 0 Å². The maximum absolute atomic E-state index is 6.05. The van der Waals surface area contributed by atoms with Crippen LogP contribution in [0.5, 0.6) is 0 Å². The third-order valence-electron chi connectivity index (χ3n) is 5.26. The fourth-order valence-corrected chi connectivity index (χ4v) is 3.47. The normalized spacial score (nSPS) is 38.2. The zero-order chi connectivity index (χ0) is 14.0. The van der Waals surface area contributed by atoms with Crippen LogP contribution in [0.15, 0.2) is 0 Å². The molecular formula is C17H33NO. The fraction of sp³-hybridized carbons (Fsp3) is 1.00. The molecule has 0 saturated heterocycles. The van der Waals surface area contributed by atoms with Crippen LogP contribution in [0.2, 0.25) is 0 Å². The maximum atomic E-state index is 6.05. The Labute approximate surface area is 119 Å². The molecule has 0 bridgehead atoms. The molecule has 1 N–H and O–H groups in total. The van der Waals surface area contributed by atoms with Crippen molar-refractivity contribution in [3.8, 4) is 0 Å². The van der Waals surface area contributed by atoms with E-state index in [1.165, 1.54) is 32.1 Å². The minimum atomic E-state index is 0.304. The Morgan fingerprint density at radius 1 is 1.16 bits per heavy atom. The van der Waals surface area contributed by atoms with Gasteiger partial charge >= 0.3 is 0 Å². The van der Waals surface area contributed by atoms with Gasteiger partial charge in [-0.3, -0.25) is 0 Å². The second-order valence-electron chi connectivity index (χ2n) is 7.95. The van der Waals surface area contributed by atoms with E-state index in [4.69, 9.17) is 4.74 Å². The first-order valence-corrected chi connectivity index (χ1v) is 8.27. The largest absolute Gasteiger partial charge is 0.377 e. The van der Waals surface area contributed by atoms with Gasteiger partial charge in [0.05, 0.1) is 6.10 Å². The molecule has 2 nitrogen and oxygen atoms in total. The highest BCUT2D eigenvalue weighted by Crippen LogP contribution is 2.43. The topological polar surface area (TPSA) is 21.3 Å². The highest BCUT2D eigenvalue weighted by Gasteiger charge is 2.49. The standard InChI is InChI=1S/C17H33NO/c1-12(2)11-19-16-10-15(17(16,4)5)18-14-8-6-13(3)7-9-14/h12-16,18H,6-11H2,1-5H3. The molecule has 0 amide bonds. The van der Waals surface area contributed by atoms with Gasteiger partial charge in [0.1, 0.15) is 0 Å². The number of nitrogens with one attached hydrogen (secondary N) is 1. The molecule has 2 aliphatic rings. The van der Waals surface area contributed by atoms with E-state index in [0.717, 1.165) is 18.6 Å². The van der Waals surface area contributed by atoms with Crippen LogP contribution in [0.1, 0.15) is 66.7 Å². The van der Waals surface area contributed by atoms with E-state index >= 15 is 0 Å². The monoisotopic (exact) mass is 267 g/mol.